The highest BCUT2D eigenvalue weighted by molar-refractivity contribution is 6.10. The fraction of sp³-hybridized carbons (Fsp3) is 0.188. The van der Waals surface area contributed by atoms with E-state index in [-0.39, 0.29) is 18.0 Å². The Morgan fingerprint density at radius 1 is 1.05 bits per heavy atom. The smallest absolute Gasteiger partial charge is 0.200 e. The van der Waals surface area contributed by atoms with Gasteiger partial charge in [0.2, 0.25) is 0 Å². The summed E-state index contributed by atoms with van der Waals surface area (Å²) in [6.45, 7) is 3.57. The van der Waals surface area contributed by atoms with E-state index in [0.29, 0.717) is 11.1 Å². The van der Waals surface area contributed by atoms with E-state index in [0.717, 1.165) is 12.1 Å². The van der Waals surface area contributed by atoms with Gasteiger partial charge in [-0.05, 0) is 31.5 Å². The molecule has 0 atom stereocenters. The van der Waals surface area contributed by atoms with Crippen molar-refractivity contribution in [3.05, 3.63) is 53.1 Å². The topological polar surface area (TPSA) is 104 Å². The van der Waals surface area contributed by atoms with Crippen molar-refractivity contribution in [1.82, 2.24) is 0 Å². The second-order valence-electron chi connectivity index (χ2n) is 5.46. The first-order valence-corrected chi connectivity index (χ1v) is 6.40. The summed E-state index contributed by atoms with van der Waals surface area (Å²) >= 11 is 0. The molecule has 2 rings (SSSR count). The van der Waals surface area contributed by atoms with Crippen molar-refractivity contribution in [2.45, 2.75) is 19.4 Å². The fourth-order valence-corrected chi connectivity index (χ4v) is 2.13. The minimum absolute atomic E-state index is 0. The van der Waals surface area contributed by atoms with Crippen LogP contribution in [0.5, 0.6) is 17.2 Å². The van der Waals surface area contributed by atoms with E-state index in [9.17, 15) is 20.1 Å². The zero-order chi connectivity index (χ0) is 15.8. The van der Waals surface area contributed by atoms with Crippen LogP contribution in [0.15, 0.2) is 36.4 Å². The lowest BCUT2D eigenvalue weighted by molar-refractivity contribution is 0.103. The highest BCUT2D eigenvalue weighted by Crippen LogP contribution is 2.36. The van der Waals surface area contributed by atoms with Crippen LogP contribution in [-0.2, 0) is 5.54 Å². The number of carbonyl (C=O) groups excluding carboxylic acids is 1. The van der Waals surface area contributed by atoms with Crippen molar-refractivity contribution in [3.63, 3.8) is 0 Å². The molecule has 5 N–H and O–H groups in total. The van der Waals surface area contributed by atoms with Crippen molar-refractivity contribution in [2.75, 3.05) is 0 Å². The Hall–Kier alpha value is -2.24. The van der Waals surface area contributed by atoms with Crippen LogP contribution >= 0.6 is 12.4 Å². The molecule has 0 amide bonds. The summed E-state index contributed by atoms with van der Waals surface area (Å²) in [4.78, 5) is 12.6. The Kier molecular flexibility index (Phi) is 5.06. The zero-order valence-electron chi connectivity index (χ0n) is 12.2. The molecular formula is C16H18ClNO4. The van der Waals surface area contributed by atoms with Crippen LogP contribution in [0.3, 0.4) is 0 Å². The maximum absolute atomic E-state index is 12.6. The third-order valence-electron chi connectivity index (χ3n) is 3.20. The van der Waals surface area contributed by atoms with Gasteiger partial charge < -0.3 is 21.1 Å². The summed E-state index contributed by atoms with van der Waals surface area (Å²) in [5.74, 6) is -2.15. The lowest BCUT2D eigenvalue weighted by atomic mass is 9.87. The fourth-order valence-electron chi connectivity index (χ4n) is 2.13. The largest absolute Gasteiger partial charge is 0.504 e. The number of aromatic hydroxyl groups is 3. The van der Waals surface area contributed by atoms with Crippen LogP contribution in [0.1, 0.15) is 35.3 Å². The van der Waals surface area contributed by atoms with Crippen LogP contribution in [-0.4, -0.2) is 21.1 Å². The maximum atomic E-state index is 12.6. The van der Waals surface area contributed by atoms with Crippen LogP contribution < -0.4 is 5.73 Å². The monoisotopic (exact) mass is 323 g/mol. The molecule has 0 saturated heterocycles. The Balaban J connectivity index is 0.00000242. The number of hydrogen-bond acceptors (Lipinski definition) is 5. The summed E-state index contributed by atoms with van der Waals surface area (Å²) in [7, 11) is 0. The molecule has 0 aromatic heterocycles. The molecule has 2 aromatic carbocycles. The summed E-state index contributed by atoms with van der Waals surface area (Å²) < 4.78 is 0. The van der Waals surface area contributed by atoms with Crippen LogP contribution in [0.25, 0.3) is 0 Å². The number of ketones is 1. The van der Waals surface area contributed by atoms with E-state index in [4.69, 9.17) is 5.73 Å². The van der Waals surface area contributed by atoms with E-state index in [1.54, 1.807) is 38.1 Å². The number of nitrogens with two attached hydrogens (primary N) is 1. The van der Waals surface area contributed by atoms with E-state index in [1.807, 2.05) is 0 Å². The molecule has 0 aliphatic carbocycles. The molecule has 0 radical (unpaired) electrons. The van der Waals surface area contributed by atoms with E-state index < -0.39 is 28.6 Å². The second-order valence-corrected chi connectivity index (χ2v) is 5.46. The number of carbonyl (C=O) groups is 1. The van der Waals surface area contributed by atoms with E-state index in [1.165, 1.54) is 0 Å². The molecule has 2 aromatic rings. The predicted molar refractivity (Wildman–Crippen MR) is 85.8 cm³/mol. The molecule has 0 aliphatic rings. The molecule has 118 valence electrons. The van der Waals surface area contributed by atoms with Crippen molar-refractivity contribution in [2.24, 2.45) is 5.73 Å². The number of hydrogen-bond donors (Lipinski definition) is 4. The van der Waals surface area contributed by atoms with Gasteiger partial charge in [-0.15, -0.1) is 12.4 Å². The van der Waals surface area contributed by atoms with E-state index >= 15 is 0 Å². The van der Waals surface area contributed by atoms with Gasteiger partial charge in [0.25, 0.3) is 0 Å². The van der Waals surface area contributed by atoms with Gasteiger partial charge in [-0.1, -0.05) is 24.3 Å². The van der Waals surface area contributed by atoms with Crippen LogP contribution in [0, 0.1) is 0 Å². The van der Waals surface area contributed by atoms with Gasteiger partial charge in [0, 0.05) is 16.7 Å². The normalized spacial score (nSPS) is 10.9. The highest BCUT2D eigenvalue weighted by Gasteiger charge is 2.23. The number of halogens is 1. The summed E-state index contributed by atoms with van der Waals surface area (Å²) in [5, 5.41) is 28.4. The lowest BCUT2D eigenvalue weighted by Gasteiger charge is -2.22. The second kappa shape index (κ2) is 6.25. The molecule has 0 bridgehead atoms. The summed E-state index contributed by atoms with van der Waals surface area (Å²) in [6, 6.07) is 9.10. The summed E-state index contributed by atoms with van der Waals surface area (Å²) in [5.41, 5.74) is 6.46. The number of phenols is 3. The van der Waals surface area contributed by atoms with Gasteiger partial charge in [-0.25, -0.2) is 0 Å². The van der Waals surface area contributed by atoms with Gasteiger partial charge in [0.1, 0.15) is 0 Å². The molecule has 0 aliphatic heterocycles. The SMILES string of the molecule is CC(C)(N)c1ccccc1C(=O)c1cc(O)c(O)c(O)c1.Cl. The first-order valence-electron chi connectivity index (χ1n) is 6.40. The number of phenolic OH excluding ortho intramolecular Hbond substituents is 3. The minimum atomic E-state index is -0.715. The quantitative estimate of drug-likeness (QED) is 0.513. The Bertz CT molecular complexity index is 685. The average Bonchev–Trinajstić information content (AvgIpc) is 2.42. The van der Waals surface area contributed by atoms with Crippen molar-refractivity contribution < 1.29 is 20.1 Å². The van der Waals surface area contributed by atoms with Gasteiger partial charge in [-0.3, -0.25) is 4.79 Å². The molecule has 5 nitrogen and oxygen atoms in total. The van der Waals surface area contributed by atoms with Gasteiger partial charge in [0.15, 0.2) is 23.0 Å². The summed E-state index contributed by atoms with van der Waals surface area (Å²) in [6.07, 6.45) is 0. The van der Waals surface area contributed by atoms with Crippen LogP contribution in [0.2, 0.25) is 0 Å². The molecule has 6 heteroatoms. The average molecular weight is 324 g/mol. The zero-order valence-corrected chi connectivity index (χ0v) is 13.0. The molecular weight excluding hydrogens is 306 g/mol. The van der Waals surface area contributed by atoms with Crippen molar-refractivity contribution in [1.29, 1.82) is 0 Å². The molecule has 0 spiro atoms. The Morgan fingerprint density at radius 3 is 2.05 bits per heavy atom. The first kappa shape index (κ1) is 17.8. The Labute approximate surface area is 134 Å². The van der Waals surface area contributed by atoms with Gasteiger partial charge in [-0.2, -0.15) is 0 Å². The number of benzene rings is 2. The van der Waals surface area contributed by atoms with Gasteiger partial charge >= 0.3 is 0 Å². The highest BCUT2D eigenvalue weighted by atomic mass is 35.5. The van der Waals surface area contributed by atoms with Crippen LogP contribution in [0.4, 0.5) is 0 Å². The maximum Gasteiger partial charge on any atom is 0.200 e. The standard InChI is InChI=1S/C16H17NO4.ClH/c1-16(2,17)11-6-4-3-5-10(11)14(20)9-7-12(18)15(21)13(19)8-9;/h3-8,18-19,21H,17H2,1-2H3;1H. The third kappa shape index (κ3) is 3.32. The molecule has 22 heavy (non-hydrogen) atoms. The number of rotatable bonds is 3. The lowest BCUT2D eigenvalue weighted by Crippen LogP contribution is -2.31. The molecule has 0 saturated carbocycles. The minimum Gasteiger partial charge on any atom is -0.504 e. The van der Waals surface area contributed by atoms with E-state index in [2.05, 4.69) is 0 Å². The molecule has 0 fully saturated rings. The van der Waals surface area contributed by atoms with Gasteiger partial charge in [0.05, 0.1) is 0 Å². The molecule has 0 heterocycles. The first-order chi connectivity index (χ1) is 9.71. The predicted octanol–water partition coefficient (Wildman–Crippen LogP) is 2.65. The van der Waals surface area contributed by atoms with Crippen molar-refractivity contribution in [3.8, 4) is 17.2 Å². The third-order valence-corrected chi connectivity index (χ3v) is 3.20. The Morgan fingerprint density at radius 2 is 1.55 bits per heavy atom. The molecule has 0 unspecified atom stereocenters. The van der Waals surface area contributed by atoms with Crippen molar-refractivity contribution >= 4 is 18.2 Å².